The van der Waals surface area contributed by atoms with Crippen molar-refractivity contribution in [2.24, 2.45) is 9.98 Å². The van der Waals surface area contributed by atoms with Crippen molar-refractivity contribution in [3.05, 3.63) is 353 Å². The Kier molecular flexibility index (Phi) is 13.7. The molecule has 0 N–H and O–H groups in total. The summed E-state index contributed by atoms with van der Waals surface area (Å²) in [6.45, 7) is 4.42. The first-order valence-corrected chi connectivity index (χ1v) is 35.1. The van der Waals surface area contributed by atoms with Gasteiger partial charge in [0.25, 0.3) is 0 Å². The second-order valence-corrected chi connectivity index (χ2v) is 27.9. The van der Waals surface area contributed by atoms with Gasteiger partial charge in [0.1, 0.15) is 0 Å². The molecule has 0 radical (unpaired) electrons. The number of aryl methyl sites for hydroxylation is 1. The molecule has 1 spiro atoms. The Morgan fingerprint density at radius 3 is 1.71 bits per heavy atom. The monoisotopic (exact) mass is 1290 g/mol. The molecule has 0 amide bonds. The summed E-state index contributed by atoms with van der Waals surface area (Å²) in [4.78, 5) is 29.0. The van der Waals surface area contributed by atoms with E-state index in [9.17, 15) is 0 Å². The van der Waals surface area contributed by atoms with Gasteiger partial charge in [0.05, 0.1) is 27.9 Å². The molecule has 98 heavy (non-hydrogen) atoms. The molecule has 3 aliphatic rings. The summed E-state index contributed by atoms with van der Waals surface area (Å²) in [5.41, 5.74) is 25.8. The van der Waals surface area contributed by atoms with Gasteiger partial charge in [-0.25, -0.2) is 24.9 Å². The fourth-order valence-corrected chi connectivity index (χ4v) is 18.1. The zero-order valence-corrected chi connectivity index (χ0v) is 55.4. The maximum Gasteiger partial charge on any atom is 0.165 e. The summed E-state index contributed by atoms with van der Waals surface area (Å²) in [6.07, 6.45) is 1.63. The lowest BCUT2D eigenvalue weighted by Crippen LogP contribution is -2.32. The molecule has 0 saturated carbocycles. The van der Waals surface area contributed by atoms with Crippen molar-refractivity contribution in [3.8, 4) is 73.2 Å². The number of fused-ring (bicyclic) bond motifs is 15. The number of nitrogens with zero attached hydrogens (tertiary/aromatic N) is 6. The second kappa shape index (κ2) is 23.3. The Bertz CT molecular complexity index is 5970. The summed E-state index contributed by atoms with van der Waals surface area (Å²) in [6, 6.07) is 110. The van der Waals surface area contributed by atoms with E-state index < -0.39 is 5.41 Å². The first-order valence-electron chi connectivity index (χ1n) is 33.5. The third-order valence-corrected chi connectivity index (χ3v) is 22.5. The van der Waals surface area contributed by atoms with E-state index in [4.69, 9.17) is 24.9 Å². The van der Waals surface area contributed by atoms with Crippen LogP contribution in [-0.4, -0.2) is 31.1 Å². The minimum Gasteiger partial charge on any atom is -0.309 e. The zero-order chi connectivity index (χ0) is 65.0. The number of benzene rings is 13. The molecule has 6 nitrogen and oxygen atoms in total. The highest BCUT2D eigenvalue weighted by Crippen LogP contribution is 2.64. The van der Waals surface area contributed by atoms with Crippen molar-refractivity contribution >= 4 is 82.3 Å². The van der Waals surface area contributed by atoms with Gasteiger partial charge in [-0.05, 0) is 142 Å². The lowest BCUT2D eigenvalue weighted by Gasteiger charge is -2.40. The van der Waals surface area contributed by atoms with Crippen molar-refractivity contribution in [2.45, 2.75) is 41.9 Å². The summed E-state index contributed by atoms with van der Waals surface area (Å²) in [5, 5.41) is 4.75. The van der Waals surface area contributed by atoms with Gasteiger partial charge >= 0.3 is 0 Å². The summed E-state index contributed by atoms with van der Waals surface area (Å²) < 4.78 is 4.82. The molecule has 2 aliphatic heterocycles. The van der Waals surface area contributed by atoms with Gasteiger partial charge in [0.15, 0.2) is 23.3 Å². The average molecular weight is 1290 g/mol. The van der Waals surface area contributed by atoms with E-state index >= 15 is 0 Å². The van der Waals surface area contributed by atoms with Gasteiger partial charge in [0, 0.05) is 74.2 Å². The van der Waals surface area contributed by atoms with E-state index in [-0.39, 0.29) is 0 Å². The van der Waals surface area contributed by atoms with E-state index in [0.717, 1.165) is 90.2 Å². The molecular weight excluding hydrogens is 1230 g/mol. The van der Waals surface area contributed by atoms with E-state index in [2.05, 4.69) is 285 Å². The Morgan fingerprint density at radius 1 is 0.367 bits per heavy atom. The third kappa shape index (κ3) is 9.34. The molecule has 0 saturated heterocycles. The van der Waals surface area contributed by atoms with Gasteiger partial charge in [-0.15, -0.1) is 11.3 Å². The lowest BCUT2D eigenvalue weighted by molar-refractivity contribution is 0.723. The maximum atomic E-state index is 5.63. The van der Waals surface area contributed by atoms with Crippen LogP contribution >= 0.6 is 23.1 Å². The van der Waals surface area contributed by atoms with Crippen LogP contribution in [0.5, 0.6) is 0 Å². The van der Waals surface area contributed by atoms with Crippen LogP contribution in [0.3, 0.4) is 0 Å². The van der Waals surface area contributed by atoms with Crippen LogP contribution < -0.4 is 0 Å². The Morgan fingerprint density at radius 2 is 0.949 bits per heavy atom. The minimum absolute atomic E-state index is 0.588. The third-order valence-electron chi connectivity index (χ3n) is 20.1. The molecule has 13 aromatic carbocycles. The maximum absolute atomic E-state index is 5.63. The SMILES string of the molecule is C\C1=C(c2cccc3c2c2ccc(-c4ccc5c(c4)-c4ccccc4C54c5ccccc5Sc5c(-c6ccc7c(c6)sc6c(-c8nc(-c9ccccc9)nc(-c9ccccc9)n8)cccc67)cccc54)cc2n3-c2ccc(C)cc2)/N=C(c2ccccc2)\N=C(\c2ccccc2)CC1. The molecule has 0 bridgehead atoms. The molecule has 1 aliphatic carbocycles. The Balaban J connectivity index is 0.744. The second-order valence-electron chi connectivity index (χ2n) is 25.8. The smallest absolute Gasteiger partial charge is 0.165 e. The van der Waals surface area contributed by atoms with E-state index in [1.807, 2.05) is 59.5 Å². The largest absolute Gasteiger partial charge is 0.309 e. The lowest BCUT2D eigenvalue weighted by atomic mass is 9.67. The summed E-state index contributed by atoms with van der Waals surface area (Å²) in [5.74, 6) is 2.68. The number of rotatable bonds is 9. The number of aromatic nitrogens is 4. The van der Waals surface area contributed by atoms with E-state index in [0.29, 0.717) is 23.3 Å². The molecule has 16 aromatic rings. The topological polar surface area (TPSA) is 68.3 Å². The van der Waals surface area contributed by atoms with Crippen LogP contribution in [-0.2, 0) is 5.41 Å². The van der Waals surface area contributed by atoms with Crippen LogP contribution in [0.25, 0.3) is 121 Å². The van der Waals surface area contributed by atoms with Gasteiger partial charge in [0.2, 0.25) is 0 Å². The first kappa shape index (κ1) is 57.7. The van der Waals surface area contributed by atoms with Gasteiger partial charge in [-0.2, -0.15) is 0 Å². The molecule has 3 aromatic heterocycles. The molecule has 8 heteroatoms. The van der Waals surface area contributed by atoms with Crippen molar-refractivity contribution in [1.82, 2.24) is 19.5 Å². The highest BCUT2D eigenvalue weighted by atomic mass is 32.2. The normalized spacial score (nSPS) is 16.6. The summed E-state index contributed by atoms with van der Waals surface area (Å²) in [7, 11) is 0. The van der Waals surface area contributed by atoms with Crippen molar-refractivity contribution in [1.29, 1.82) is 0 Å². The van der Waals surface area contributed by atoms with Crippen molar-refractivity contribution in [3.63, 3.8) is 0 Å². The molecular formula is C90H60N6S2. The number of thiophene rings is 1. The summed E-state index contributed by atoms with van der Waals surface area (Å²) >= 11 is 3.71. The van der Waals surface area contributed by atoms with E-state index in [1.165, 1.54) is 91.7 Å². The number of allylic oxidation sites excluding steroid dienone is 1. The zero-order valence-electron chi connectivity index (χ0n) is 53.8. The minimum atomic E-state index is -0.588. The van der Waals surface area contributed by atoms with Gasteiger partial charge in [-0.1, -0.05) is 272 Å². The molecule has 1 unspecified atom stereocenters. The van der Waals surface area contributed by atoms with Crippen molar-refractivity contribution < 1.29 is 0 Å². The quantitative estimate of drug-likeness (QED) is 0.144. The fourth-order valence-electron chi connectivity index (χ4n) is 15.5. The first-order chi connectivity index (χ1) is 48.4. The van der Waals surface area contributed by atoms with Crippen LogP contribution in [0.1, 0.15) is 64.3 Å². The fraction of sp³-hybridized carbons (Fsp3) is 0.0556. The molecule has 5 heterocycles. The van der Waals surface area contributed by atoms with Crippen LogP contribution in [0.2, 0.25) is 0 Å². The molecule has 19 rings (SSSR count). The Hall–Kier alpha value is -11.7. The molecule has 1 atom stereocenters. The average Bonchev–Trinajstić information content (AvgIpc) is 1.47. The van der Waals surface area contributed by atoms with Crippen LogP contribution in [0, 0.1) is 6.92 Å². The predicted molar refractivity (Wildman–Crippen MR) is 408 cm³/mol. The number of aliphatic imine (C=N–C) groups is 2. The van der Waals surface area contributed by atoms with Crippen LogP contribution in [0.4, 0.5) is 0 Å². The van der Waals surface area contributed by atoms with Crippen LogP contribution in [0.15, 0.2) is 329 Å². The van der Waals surface area contributed by atoms with Gasteiger partial charge in [-0.3, -0.25) is 0 Å². The molecule has 0 fully saturated rings. The highest BCUT2D eigenvalue weighted by molar-refractivity contribution is 7.99. The van der Waals surface area contributed by atoms with E-state index in [1.54, 1.807) is 0 Å². The predicted octanol–water partition coefficient (Wildman–Crippen LogP) is 23.3. The Labute approximate surface area is 576 Å². The number of hydrogen-bond donors (Lipinski definition) is 0. The highest BCUT2D eigenvalue weighted by Gasteiger charge is 2.50. The number of hydrogen-bond acceptors (Lipinski definition) is 7. The number of amidine groups is 1. The standard InChI is InChI=1S/C90H60N6S2/c1-55-40-46-64(47-41-55)96-78-38-21-33-70(83-56(2)42-51-77(57-22-7-3-8-23-57)91-86(92-83)58-24-9-4-10-25-58)82(78)69-49-43-62(53-79(69)96)61-45-50-74-72(52-61)66-30-15-16-35-73(66)90(74)75-36-17-18-39-80(75)97-85-65(31-20-37-76(85)90)63-44-48-67-68-32-19-34-71(84(68)98-81(67)54-63)89-94-87(59-26-11-5-12-27-59)93-88(95-89)60-28-13-6-14-29-60/h3-41,43-50,52-54H,42,51H2,1-2H3/b83-56+,91-77+,92-86-. The van der Waals surface area contributed by atoms with Gasteiger partial charge < -0.3 is 4.57 Å². The molecule has 462 valence electrons. The van der Waals surface area contributed by atoms with Crippen molar-refractivity contribution in [2.75, 3.05) is 0 Å².